The fraction of sp³-hybridized carbons (Fsp3) is 0.700. The van der Waals surface area contributed by atoms with Gasteiger partial charge in [-0.25, -0.2) is 0 Å². The van der Waals surface area contributed by atoms with Crippen molar-refractivity contribution in [2.75, 3.05) is 26.8 Å². The van der Waals surface area contributed by atoms with Crippen LogP contribution in [0.3, 0.4) is 0 Å². The molecule has 0 aliphatic carbocycles. The van der Waals surface area contributed by atoms with Gasteiger partial charge in [-0.1, -0.05) is 6.08 Å². The molecule has 15 heavy (non-hydrogen) atoms. The Hall–Kier alpha value is -0.910. The average molecular weight is 216 g/mol. The number of hydrogen-bond acceptors (Lipinski definition) is 4. The van der Waals surface area contributed by atoms with Crippen molar-refractivity contribution in [1.82, 2.24) is 10.6 Å². The molecule has 5 heteroatoms. The number of carbonyl (C=O) groups is 1. The Morgan fingerprint density at radius 3 is 2.87 bits per heavy atom. The summed E-state index contributed by atoms with van der Waals surface area (Å²) in [4.78, 5) is 11.3. The van der Waals surface area contributed by atoms with Crippen molar-refractivity contribution in [3.63, 3.8) is 0 Å². The van der Waals surface area contributed by atoms with E-state index in [0.29, 0.717) is 13.1 Å². The maximum absolute atomic E-state index is 11.3. The van der Waals surface area contributed by atoms with Gasteiger partial charge in [-0.05, 0) is 6.92 Å². The van der Waals surface area contributed by atoms with Gasteiger partial charge in [0.15, 0.2) is 0 Å². The van der Waals surface area contributed by atoms with Crippen LogP contribution in [0.1, 0.15) is 6.92 Å². The van der Waals surface area contributed by atoms with Crippen molar-refractivity contribution in [1.29, 1.82) is 0 Å². The first-order valence-corrected chi connectivity index (χ1v) is 4.90. The molecule has 0 aromatic carbocycles. The Kier molecular flexibility index (Phi) is 7.89. The molecule has 0 rings (SSSR count). The summed E-state index contributed by atoms with van der Waals surface area (Å²) in [6.45, 7) is 6.27. The molecule has 0 bridgehead atoms. The zero-order valence-electron chi connectivity index (χ0n) is 9.32. The maximum Gasteiger partial charge on any atom is 0.237 e. The fourth-order valence-corrected chi connectivity index (χ4v) is 0.983. The molecule has 0 saturated heterocycles. The third-order valence-electron chi connectivity index (χ3n) is 1.83. The number of hydrogen-bond donors (Lipinski definition) is 3. The van der Waals surface area contributed by atoms with Gasteiger partial charge in [0, 0.05) is 20.2 Å². The summed E-state index contributed by atoms with van der Waals surface area (Å²) in [5, 5.41) is 14.9. The van der Waals surface area contributed by atoms with Gasteiger partial charge in [0.05, 0.1) is 18.8 Å². The third-order valence-corrected chi connectivity index (χ3v) is 1.83. The Bertz CT molecular complexity index is 197. The summed E-state index contributed by atoms with van der Waals surface area (Å²) in [6, 6.07) is -0.337. The average Bonchev–Trinajstić information content (AvgIpc) is 2.22. The summed E-state index contributed by atoms with van der Waals surface area (Å²) in [5.74, 6) is -0.112. The predicted octanol–water partition coefficient (Wildman–Crippen LogP) is -0.726. The Labute approximate surface area is 90.5 Å². The van der Waals surface area contributed by atoms with Crippen LogP contribution in [0, 0.1) is 0 Å². The minimum atomic E-state index is -0.593. The summed E-state index contributed by atoms with van der Waals surface area (Å²) in [5.41, 5.74) is 0. The smallest absolute Gasteiger partial charge is 0.237 e. The highest BCUT2D eigenvalue weighted by Crippen LogP contribution is 1.86. The van der Waals surface area contributed by atoms with E-state index in [9.17, 15) is 9.90 Å². The van der Waals surface area contributed by atoms with Crippen molar-refractivity contribution < 1.29 is 14.6 Å². The first-order chi connectivity index (χ1) is 7.11. The van der Waals surface area contributed by atoms with Gasteiger partial charge >= 0.3 is 0 Å². The topological polar surface area (TPSA) is 70.6 Å². The second-order valence-electron chi connectivity index (χ2n) is 3.27. The molecule has 0 saturated carbocycles. The van der Waals surface area contributed by atoms with E-state index in [4.69, 9.17) is 4.74 Å². The monoisotopic (exact) mass is 216 g/mol. The molecule has 2 unspecified atom stereocenters. The Balaban J connectivity index is 3.67. The van der Waals surface area contributed by atoms with Crippen molar-refractivity contribution in [3.05, 3.63) is 12.7 Å². The predicted molar refractivity (Wildman–Crippen MR) is 58.6 cm³/mol. The minimum Gasteiger partial charge on any atom is -0.389 e. The molecule has 0 aliphatic heterocycles. The third kappa shape index (κ3) is 7.07. The van der Waals surface area contributed by atoms with E-state index in [1.165, 1.54) is 7.11 Å². The fourth-order valence-electron chi connectivity index (χ4n) is 0.983. The zero-order valence-corrected chi connectivity index (χ0v) is 9.32. The lowest BCUT2D eigenvalue weighted by Gasteiger charge is -2.16. The van der Waals surface area contributed by atoms with Gasteiger partial charge in [-0.2, -0.15) is 0 Å². The summed E-state index contributed by atoms with van der Waals surface area (Å²) >= 11 is 0. The van der Waals surface area contributed by atoms with Gasteiger partial charge < -0.3 is 20.5 Å². The molecule has 5 nitrogen and oxygen atoms in total. The molecule has 0 aromatic rings. The van der Waals surface area contributed by atoms with Gasteiger partial charge in [0.1, 0.15) is 0 Å². The van der Waals surface area contributed by atoms with E-state index >= 15 is 0 Å². The number of amides is 1. The number of aliphatic hydroxyl groups excluding tert-OH is 1. The highest BCUT2D eigenvalue weighted by molar-refractivity contribution is 5.81. The number of nitrogens with one attached hydrogen (secondary N) is 2. The van der Waals surface area contributed by atoms with E-state index in [2.05, 4.69) is 17.2 Å². The van der Waals surface area contributed by atoms with Gasteiger partial charge in [-0.3, -0.25) is 4.79 Å². The van der Waals surface area contributed by atoms with Crippen molar-refractivity contribution in [3.8, 4) is 0 Å². The first kappa shape index (κ1) is 14.1. The molecular weight excluding hydrogens is 196 g/mol. The lowest BCUT2D eigenvalue weighted by Crippen LogP contribution is -2.45. The highest BCUT2D eigenvalue weighted by atomic mass is 16.5. The Morgan fingerprint density at radius 2 is 2.33 bits per heavy atom. The van der Waals surface area contributed by atoms with Crippen LogP contribution < -0.4 is 10.6 Å². The van der Waals surface area contributed by atoms with Crippen LogP contribution in [-0.4, -0.2) is 50.0 Å². The zero-order chi connectivity index (χ0) is 11.7. The molecule has 0 aliphatic rings. The molecule has 1 amide bonds. The van der Waals surface area contributed by atoms with Crippen molar-refractivity contribution in [2.45, 2.75) is 19.1 Å². The number of carbonyl (C=O) groups excluding carboxylic acids is 1. The summed E-state index contributed by atoms with van der Waals surface area (Å²) in [6.07, 6.45) is 1.02. The Morgan fingerprint density at radius 1 is 1.67 bits per heavy atom. The van der Waals surface area contributed by atoms with Crippen LogP contribution in [0.4, 0.5) is 0 Å². The minimum absolute atomic E-state index is 0.112. The second kappa shape index (κ2) is 8.40. The standard InChI is InChI=1S/C10H20N2O3/c1-4-5-11-10(14)8(2)12-6-9(13)7-15-3/h4,8-9,12-13H,1,5-7H2,2-3H3,(H,11,14). The lowest BCUT2D eigenvalue weighted by atomic mass is 10.3. The molecule has 0 radical (unpaired) electrons. The largest absolute Gasteiger partial charge is 0.389 e. The van der Waals surface area contributed by atoms with Crippen molar-refractivity contribution >= 4 is 5.91 Å². The SMILES string of the molecule is C=CCNC(=O)C(C)NCC(O)COC. The second-order valence-corrected chi connectivity index (χ2v) is 3.27. The number of ether oxygens (including phenoxy) is 1. The first-order valence-electron chi connectivity index (χ1n) is 4.90. The summed E-state index contributed by atoms with van der Waals surface area (Å²) < 4.78 is 4.76. The van der Waals surface area contributed by atoms with Gasteiger partial charge in [-0.15, -0.1) is 6.58 Å². The van der Waals surface area contributed by atoms with Gasteiger partial charge in [0.2, 0.25) is 5.91 Å². The van der Waals surface area contributed by atoms with Gasteiger partial charge in [0.25, 0.3) is 0 Å². The highest BCUT2D eigenvalue weighted by Gasteiger charge is 2.12. The van der Waals surface area contributed by atoms with E-state index < -0.39 is 6.10 Å². The van der Waals surface area contributed by atoms with E-state index in [0.717, 1.165) is 0 Å². The van der Waals surface area contributed by atoms with Crippen LogP contribution >= 0.6 is 0 Å². The van der Waals surface area contributed by atoms with E-state index in [1.807, 2.05) is 0 Å². The molecule has 2 atom stereocenters. The number of methoxy groups -OCH3 is 1. The van der Waals surface area contributed by atoms with Crippen LogP contribution in [-0.2, 0) is 9.53 Å². The molecular formula is C10H20N2O3. The van der Waals surface area contributed by atoms with E-state index in [-0.39, 0.29) is 18.6 Å². The number of aliphatic hydroxyl groups is 1. The molecule has 0 heterocycles. The molecule has 3 N–H and O–H groups in total. The molecule has 88 valence electrons. The summed E-state index contributed by atoms with van der Waals surface area (Å²) in [7, 11) is 1.52. The number of rotatable bonds is 8. The normalized spacial score (nSPS) is 14.3. The lowest BCUT2D eigenvalue weighted by molar-refractivity contribution is -0.122. The van der Waals surface area contributed by atoms with Crippen LogP contribution in [0.5, 0.6) is 0 Å². The van der Waals surface area contributed by atoms with Crippen LogP contribution in [0.2, 0.25) is 0 Å². The molecule has 0 fully saturated rings. The van der Waals surface area contributed by atoms with Crippen molar-refractivity contribution in [2.24, 2.45) is 0 Å². The van der Waals surface area contributed by atoms with E-state index in [1.54, 1.807) is 13.0 Å². The quantitative estimate of drug-likeness (QED) is 0.468. The van der Waals surface area contributed by atoms with Crippen LogP contribution in [0.15, 0.2) is 12.7 Å². The maximum atomic E-state index is 11.3. The molecule has 0 spiro atoms. The van der Waals surface area contributed by atoms with Crippen LogP contribution in [0.25, 0.3) is 0 Å². The molecule has 0 aromatic heterocycles.